The van der Waals surface area contributed by atoms with Crippen LogP contribution in [-0.2, 0) is 19.4 Å². The second-order valence-corrected chi connectivity index (χ2v) is 6.18. The Morgan fingerprint density at radius 2 is 2.05 bits per heavy atom. The van der Waals surface area contributed by atoms with Crippen LogP contribution in [0.4, 0.5) is 0 Å². The van der Waals surface area contributed by atoms with Crippen molar-refractivity contribution in [1.82, 2.24) is 9.55 Å². The Kier molecular flexibility index (Phi) is 4.08. The SMILES string of the molecule is CCc1ccsc1C(N)Cc1nc2ccccc2n1CC. The molecular weight excluding hydrogens is 278 g/mol. The predicted molar refractivity (Wildman–Crippen MR) is 89.7 cm³/mol. The lowest BCUT2D eigenvalue weighted by molar-refractivity contribution is 0.641. The molecule has 3 aromatic rings. The van der Waals surface area contributed by atoms with E-state index >= 15 is 0 Å². The summed E-state index contributed by atoms with van der Waals surface area (Å²) in [7, 11) is 0. The zero-order chi connectivity index (χ0) is 14.8. The molecule has 3 rings (SSSR count). The van der Waals surface area contributed by atoms with E-state index in [9.17, 15) is 0 Å². The van der Waals surface area contributed by atoms with Gasteiger partial charge in [0, 0.05) is 23.9 Å². The largest absolute Gasteiger partial charge is 0.328 e. The highest BCUT2D eigenvalue weighted by molar-refractivity contribution is 7.10. The maximum Gasteiger partial charge on any atom is 0.111 e. The predicted octanol–water partition coefficient (Wildman–Crippen LogP) is 3.92. The molecule has 0 aliphatic carbocycles. The third-order valence-electron chi connectivity index (χ3n) is 3.95. The number of hydrogen-bond donors (Lipinski definition) is 1. The maximum atomic E-state index is 6.45. The van der Waals surface area contributed by atoms with Crippen LogP contribution in [0.2, 0.25) is 0 Å². The monoisotopic (exact) mass is 299 g/mol. The summed E-state index contributed by atoms with van der Waals surface area (Å²) >= 11 is 1.76. The molecule has 1 unspecified atom stereocenters. The molecule has 4 heteroatoms. The van der Waals surface area contributed by atoms with Crippen molar-refractivity contribution in [2.24, 2.45) is 5.73 Å². The second kappa shape index (κ2) is 6.00. The second-order valence-electron chi connectivity index (χ2n) is 5.24. The Morgan fingerprint density at radius 1 is 1.24 bits per heavy atom. The molecule has 0 saturated carbocycles. The lowest BCUT2D eigenvalue weighted by Gasteiger charge is -2.13. The summed E-state index contributed by atoms with van der Waals surface area (Å²) in [6, 6.07) is 10.5. The van der Waals surface area contributed by atoms with E-state index in [4.69, 9.17) is 10.7 Å². The number of thiophene rings is 1. The molecule has 2 aromatic heterocycles. The van der Waals surface area contributed by atoms with Gasteiger partial charge in [0.2, 0.25) is 0 Å². The summed E-state index contributed by atoms with van der Waals surface area (Å²) in [5, 5.41) is 2.14. The number of nitrogens with two attached hydrogens (primary N) is 1. The molecular formula is C17H21N3S. The molecule has 0 aliphatic heterocycles. The molecule has 3 nitrogen and oxygen atoms in total. The van der Waals surface area contributed by atoms with Crippen LogP contribution < -0.4 is 5.73 Å². The first kappa shape index (κ1) is 14.3. The van der Waals surface area contributed by atoms with Gasteiger partial charge in [0.15, 0.2) is 0 Å². The maximum absolute atomic E-state index is 6.45. The fourth-order valence-corrected chi connectivity index (χ4v) is 3.89. The van der Waals surface area contributed by atoms with Crippen LogP contribution in [-0.4, -0.2) is 9.55 Å². The minimum absolute atomic E-state index is 0.0297. The molecule has 0 saturated heterocycles. The van der Waals surface area contributed by atoms with E-state index in [-0.39, 0.29) is 6.04 Å². The summed E-state index contributed by atoms with van der Waals surface area (Å²) in [6.45, 7) is 5.26. The highest BCUT2D eigenvalue weighted by atomic mass is 32.1. The van der Waals surface area contributed by atoms with E-state index in [0.717, 1.165) is 30.7 Å². The zero-order valence-corrected chi connectivity index (χ0v) is 13.4. The molecule has 0 radical (unpaired) electrons. The number of nitrogens with zero attached hydrogens (tertiary/aromatic N) is 2. The molecule has 0 bridgehead atoms. The van der Waals surface area contributed by atoms with E-state index < -0.39 is 0 Å². The van der Waals surface area contributed by atoms with Gasteiger partial charge in [0.05, 0.1) is 11.0 Å². The van der Waals surface area contributed by atoms with Crippen molar-refractivity contribution in [3.05, 3.63) is 52.0 Å². The molecule has 2 heterocycles. The Morgan fingerprint density at radius 3 is 2.81 bits per heavy atom. The first-order valence-electron chi connectivity index (χ1n) is 7.50. The lowest BCUT2D eigenvalue weighted by atomic mass is 10.1. The van der Waals surface area contributed by atoms with Crippen molar-refractivity contribution in [3.63, 3.8) is 0 Å². The molecule has 0 spiro atoms. The van der Waals surface area contributed by atoms with E-state index in [1.54, 1.807) is 11.3 Å². The van der Waals surface area contributed by atoms with E-state index in [0.29, 0.717) is 0 Å². The number of hydrogen-bond acceptors (Lipinski definition) is 3. The van der Waals surface area contributed by atoms with Gasteiger partial charge in [0.1, 0.15) is 5.82 Å². The van der Waals surface area contributed by atoms with Gasteiger partial charge < -0.3 is 10.3 Å². The Bertz CT molecular complexity index is 741. The van der Waals surface area contributed by atoms with Crippen molar-refractivity contribution in [3.8, 4) is 0 Å². The smallest absolute Gasteiger partial charge is 0.111 e. The van der Waals surface area contributed by atoms with Crippen molar-refractivity contribution in [1.29, 1.82) is 0 Å². The van der Waals surface area contributed by atoms with Crippen molar-refractivity contribution in [2.45, 2.75) is 39.3 Å². The Hall–Kier alpha value is -1.65. The van der Waals surface area contributed by atoms with Crippen molar-refractivity contribution in [2.75, 3.05) is 0 Å². The van der Waals surface area contributed by atoms with Crippen LogP contribution in [0.15, 0.2) is 35.7 Å². The molecule has 21 heavy (non-hydrogen) atoms. The number of aryl methyl sites for hydroxylation is 2. The van der Waals surface area contributed by atoms with E-state index in [1.807, 2.05) is 6.07 Å². The van der Waals surface area contributed by atoms with Crippen LogP contribution in [0.3, 0.4) is 0 Å². The highest BCUT2D eigenvalue weighted by Gasteiger charge is 2.17. The lowest BCUT2D eigenvalue weighted by Crippen LogP contribution is -2.16. The van der Waals surface area contributed by atoms with Crippen LogP contribution in [0, 0.1) is 0 Å². The molecule has 2 N–H and O–H groups in total. The number of para-hydroxylation sites is 2. The fourth-order valence-electron chi connectivity index (χ4n) is 2.89. The number of fused-ring (bicyclic) bond motifs is 1. The first-order chi connectivity index (χ1) is 10.2. The standard InChI is InChI=1S/C17H21N3S/c1-3-12-9-10-21-17(12)13(18)11-16-19-14-7-5-6-8-15(14)20(16)4-2/h5-10,13H,3-4,11,18H2,1-2H3. The molecule has 0 fully saturated rings. The summed E-state index contributed by atoms with van der Waals surface area (Å²) in [4.78, 5) is 6.07. The normalized spacial score (nSPS) is 12.9. The number of imidazole rings is 1. The minimum atomic E-state index is 0.0297. The third kappa shape index (κ3) is 2.61. The van der Waals surface area contributed by atoms with Gasteiger partial charge in [-0.15, -0.1) is 11.3 Å². The fraction of sp³-hybridized carbons (Fsp3) is 0.353. The summed E-state index contributed by atoms with van der Waals surface area (Å²) in [6.07, 6.45) is 1.83. The van der Waals surface area contributed by atoms with Crippen LogP contribution in [0.5, 0.6) is 0 Å². The topological polar surface area (TPSA) is 43.8 Å². The summed E-state index contributed by atoms with van der Waals surface area (Å²) in [5.74, 6) is 1.08. The summed E-state index contributed by atoms with van der Waals surface area (Å²) < 4.78 is 2.27. The average molecular weight is 299 g/mol. The number of benzene rings is 1. The average Bonchev–Trinajstić information content (AvgIpc) is 3.10. The van der Waals surface area contributed by atoms with Crippen molar-refractivity contribution < 1.29 is 0 Å². The van der Waals surface area contributed by atoms with Gasteiger partial charge in [-0.05, 0) is 42.5 Å². The van der Waals surface area contributed by atoms with Gasteiger partial charge >= 0.3 is 0 Å². The molecule has 110 valence electrons. The quantitative estimate of drug-likeness (QED) is 0.776. The first-order valence-corrected chi connectivity index (χ1v) is 8.38. The highest BCUT2D eigenvalue weighted by Crippen LogP contribution is 2.27. The van der Waals surface area contributed by atoms with Gasteiger partial charge in [-0.2, -0.15) is 0 Å². The molecule has 0 amide bonds. The number of rotatable bonds is 5. The van der Waals surface area contributed by atoms with Crippen LogP contribution >= 0.6 is 11.3 Å². The van der Waals surface area contributed by atoms with Gasteiger partial charge in [-0.1, -0.05) is 19.1 Å². The van der Waals surface area contributed by atoms with Crippen LogP contribution in [0.1, 0.15) is 36.2 Å². The summed E-state index contributed by atoms with van der Waals surface area (Å²) in [5.41, 5.74) is 10.1. The Labute approximate surface area is 129 Å². The Balaban J connectivity index is 1.94. The molecule has 1 atom stereocenters. The van der Waals surface area contributed by atoms with E-state index in [2.05, 4.69) is 48.1 Å². The van der Waals surface area contributed by atoms with Gasteiger partial charge in [0.25, 0.3) is 0 Å². The van der Waals surface area contributed by atoms with Crippen LogP contribution in [0.25, 0.3) is 11.0 Å². The molecule has 1 aromatic carbocycles. The minimum Gasteiger partial charge on any atom is -0.328 e. The zero-order valence-electron chi connectivity index (χ0n) is 12.5. The number of aromatic nitrogens is 2. The van der Waals surface area contributed by atoms with Gasteiger partial charge in [-0.3, -0.25) is 0 Å². The third-order valence-corrected chi connectivity index (χ3v) is 5.04. The van der Waals surface area contributed by atoms with Gasteiger partial charge in [-0.25, -0.2) is 4.98 Å². The van der Waals surface area contributed by atoms with E-state index in [1.165, 1.54) is 16.0 Å². The molecule has 0 aliphatic rings. The van der Waals surface area contributed by atoms with Crippen molar-refractivity contribution >= 4 is 22.4 Å².